The summed E-state index contributed by atoms with van der Waals surface area (Å²) in [4.78, 5) is 11.9. The average Bonchev–Trinajstić information content (AvgIpc) is 2.39. The Bertz CT molecular complexity index is 623. The summed E-state index contributed by atoms with van der Waals surface area (Å²) in [5, 5.41) is 13.6. The van der Waals surface area contributed by atoms with Crippen molar-refractivity contribution in [1.82, 2.24) is 9.78 Å². The zero-order chi connectivity index (χ0) is 13.1. The molecule has 0 unspecified atom stereocenters. The highest BCUT2D eigenvalue weighted by molar-refractivity contribution is 6.17. The molecule has 0 atom stereocenters. The van der Waals surface area contributed by atoms with E-state index in [1.807, 2.05) is 31.2 Å². The van der Waals surface area contributed by atoms with E-state index in [1.54, 1.807) is 0 Å². The van der Waals surface area contributed by atoms with Gasteiger partial charge in [-0.2, -0.15) is 9.78 Å². The van der Waals surface area contributed by atoms with E-state index in [0.29, 0.717) is 5.69 Å². The number of benzene rings is 1. The molecule has 0 radical (unpaired) electrons. The van der Waals surface area contributed by atoms with Crippen LogP contribution in [0, 0.1) is 0 Å². The molecule has 0 bridgehead atoms. The van der Waals surface area contributed by atoms with Gasteiger partial charge >= 0.3 is 0 Å². The smallest absolute Gasteiger partial charge is 0.275 e. The number of alkyl halides is 1. The molecule has 1 aromatic carbocycles. The highest BCUT2D eigenvalue weighted by Gasteiger charge is 2.10. The first-order valence-corrected chi connectivity index (χ1v) is 6.17. The predicted octanol–water partition coefficient (Wildman–Crippen LogP) is 2.24. The molecule has 0 saturated heterocycles. The summed E-state index contributed by atoms with van der Waals surface area (Å²) in [6.07, 6.45) is 0.793. The van der Waals surface area contributed by atoms with E-state index in [9.17, 15) is 9.90 Å². The molecule has 1 aromatic heterocycles. The zero-order valence-electron chi connectivity index (χ0n) is 9.93. The molecule has 18 heavy (non-hydrogen) atoms. The molecule has 94 valence electrons. The van der Waals surface area contributed by atoms with Gasteiger partial charge in [-0.25, -0.2) is 0 Å². The van der Waals surface area contributed by atoms with Crippen LogP contribution in [0.25, 0.3) is 5.69 Å². The van der Waals surface area contributed by atoms with E-state index in [4.69, 9.17) is 11.6 Å². The Hall–Kier alpha value is -1.81. The van der Waals surface area contributed by atoms with E-state index >= 15 is 0 Å². The van der Waals surface area contributed by atoms with Crippen LogP contribution in [-0.2, 0) is 12.3 Å². The maximum atomic E-state index is 11.9. The summed E-state index contributed by atoms with van der Waals surface area (Å²) in [5.41, 5.74) is 1.65. The van der Waals surface area contributed by atoms with Crippen molar-refractivity contribution in [1.29, 1.82) is 0 Å². The molecule has 0 amide bonds. The summed E-state index contributed by atoms with van der Waals surface area (Å²) in [7, 11) is 0. The van der Waals surface area contributed by atoms with Gasteiger partial charge in [0.25, 0.3) is 5.56 Å². The third-order valence-corrected chi connectivity index (χ3v) is 2.97. The average molecular weight is 265 g/mol. The van der Waals surface area contributed by atoms with Crippen molar-refractivity contribution in [2.45, 2.75) is 19.2 Å². The first-order valence-electron chi connectivity index (χ1n) is 5.63. The molecule has 5 heteroatoms. The second-order valence-electron chi connectivity index (χ2n) is 3.84. The monoisotopic (exact) mass is 264 g/mol. The molecule has 4 nitrogen and oxygen atoms in total. The van der Waals surface area contributed by atoms with Crippen LogP contribution in [0.1, 0.15) is 18.2 Å². The minimum Gasteiger partial charge on any atom is -0.506 e. The first-order chi connectivity index (χ1) is 8.67. The van der Waals surface area contributed by atoms with Gasteiger partial charge in [0.2, 0.25) is 0 Å². The van der Waals surface area contributed by atoms with Crippen molar-refractivity contribution >= 4 is 11.6 Å². The summed E-state index contributed by atoms with van der Waals surface area (Å²) < 4.78 is 1.27. The highest BCUT2D eigenvalue weighted by Crippen LogP contribution is 2.16. The number of nitrogens with zero attached hydrogens (tertiary/aromatic N) is 2. The van der Waals surface area contributed by atoms with Gasteiger partial charge in [-0.1, -0.05) is 25.1 Å². The van der Waals surface area contributed by atoms with Gasteiger partial charge in [0.15, 0.2) is 0 Å². The minimum atomic E-state index is -0.373. The third kappa shape index (κ3) is 2.24. The van der Waals surface area contributed by atoms with Crippen LogP contribution in [-0.4, -0.2) is 14.9 Å². The van der Waals surface area contributed by atoms with Crippen LogP contribution in [0.15, 0.2) is 35.1 Å². The fraction of sp³-hybridized carbons (Fsp3) is 0.231. The Morgan fingerprint density at radius 2 is 2.11 bits per heavy atom. The Kier molecular flexibility index (Phi) is 3.67. The molecule has 0 spiro atoms. The highest BCUT2D eigenvalue weighted by atomic mass is 35.5. The van der Waals surface area contributed by atoms with E-state index in [-0.39, 0.29) is 17.2 Å². The van der Waals surface area contributed by atoms with Crippen molar-refractivity contribution in [3.05, 3.63) is 51.9 Å². The lowest BCUT2D eigenvalue weighted by molar-refractivity contribution is 0.460. The summed E-state index contributed by atoms with van der Waals surface area (Å²) >= 11 is 5.68. The largest absolute Gasteiger partial charge is 0.506 e. The summed E-state index contributed by atoms with van der Waals surface area (Å²) in [5.74, 6) is -0.110. The van der Waals surface area contributed by atoms with Crippen molar-refractivity contribution in [3.63, 3.8) is 0 Å². The van der Waals surface area contributed by atoms with Gasteiger partial charge in [0.1, 0.15) is 11.4 Å². The van der Waals surface area contributed by atoms with E-state index in [0.717, 1.165) is 23.7 Å². The molecule has 0 aliphatic heterocycles. The van der Waals surface area contributed by atoms with Crippen molar-refractivity contribution in [3.8, 4) is 11.4 Å². The van der Waals surface area contributed by atoms with Crippen LogP contribution in [0.2, 0.25) is 0 Å². The molecule has 2 rings (SSSR count). The van der Waals surface area contributed by atoms with Crippen molar-refractivity contribution in [2.24, 2.45) is 0 Å². The molecule has 0 fully saturated rings. The Labute approximate surface area is 109 Å². The quantitative estimate of drug-likeness (QED) is 0.865. The molecular weight excluding hydrogens is 252 g/mol. The normalized spacial score (nSPS) is 10.6. The second kappa shape index (κ2) is 5.23. The number of aryl methyl sites for hydroxylation is 1. The minimum absolute atomic E-state index is 0.0560. The predicted molar refractivity (Wildman–Crippen MR) is 70.4 cm³/mol. The standard InChI is InChI=1S/C13H13ClN2O2/c1-2-9-5-3-4-6-11(9)16-13(18)7-12(17)10(8-14)15-16/h3-7,17H,2,8H2,1H3. The van der Waals surface area contributed by atoms with Crippen molar-refractivity contribution < 1.29 is 5.11 Å². The van der Waals surface area contributed by atoms with E-state index in [1.165, 1.54) is 4.68 Å². The topological polar surface area (TPSA) is 55.1 Å². The first kappa shape index (κ1) is 12.6. The maximum Gasteiger partial charge on any atom is 0.275 e. The van der Waals surface area contributed by atoms with Crippen LogP contribution in [0.5, 0.6) is 5.75 Å². The van der Waals surface area contributed by atoms with E-state index in [2.05, 4.69) is 5.10 Å². The van der Waals surface area contributed by atoms with Crippen LogP contribution in [0.3, 0.4) is 0 Å². The van der Waals surface area contributed by atoms with Gasteiger partial charge in [-0.3, -0.25) is 4.79 Å². The fourth-order valence-electron chi connectivity index (χ4n) is 1.77. The lowest BCUT2D eigenvalue weighted by atomic mass is 10.1. The summed E-state index contributed by atoms with van der Waals surface area (Å²) in [6, 6.07) is 8.65. The molecular formula is C13H13ClN2O2. The number of rotatable bonds is 3. The Balaban J connectivity index is 2.67. The second-order valence-corrected chi connectivity index (χ2v) is 4.11. The molecule has 2 aromatic rings. The molecule has 0 saturated carbocycles. The van der Waals surface area contributed by atoms with Crippen LogP contribution < -0.4 is 5.56 Å². The molecule has 0 aliphatic rings. The SMILES string of the molecule is CCc1ccccc1-n1nc(CCl)c(O)cc1=O. The number of hydrogen-bond donors (Lipinski definition) is 1. The lowest BCUT2D eigenvalue weighted by Crippen LogP contribution is -2.22. The Morgan fingerprint density at radius 3 is 2.78 bits per heavy atom. The number of aromatic nitrogens is 2. The number of hydrogen-bond acceptors (Lipinski definition) is 3. The fourth-order valence-corrected chi connectivity index (χ4v) is 1.96. The van der Waals surface area contributed by atoms with Gasteiger partial charge in [0.05, 0.1) is 11.6 Å². The molecule has 0 aliphatic carbocycles. The third-order valence-electron chi connectivity index (χ3n) is 2.71. The van der Waals surface area contributed by atoms with Gasteiger partial charge in [-0.05, 0) is 18.1 Å². The summed E-state index contributed by atoms with van der Waals surface area (Å²) in [6.45, 7) is 2.01. The van der Waals surface area contributed by atoms with E-state index < -0.39 is 0 Å². The Morgan fingerprint density at radius 1 is 1.39 bits per heavy atom. The number of aromatic hydroxyl groups is 1. The number of para-hydroxylation sites is 1. The van der Waals surface area contributed by atoms with Gasteiger partial charge < -0.3 is 5.11 Å². The van der Waals surface area contributed by atoms with Crippen LogP contribution >= 0.6 is 11.6 Å². The molecule has 1 heterocycles. The number of halogens is 1. The maximum absolute atomic E-state index is 11.9. The van der Waals surface area contributed by atoms with Crippen LogP contribution in [0.4, 0.5) is 0 Å². The zero-order valence-corrected chi connectivity index (χ0v) is 10.7. The molecule has 1 N–H and O–H groups in total. The van der Waals surface area contributed by atoms with Gasteiger partial charge in [-0.15, -0.1) is 11.6 Å². The van der Waals surface area contributed by atoms with Crippen molar-refractivity contribution in [2.75, 3.05) is 0 Å². The van der Waals surface area contributed by atoms with Gasteiger partial charge in [0, 0.05) is 6.07 Å². The lowest BCUT2D eigenvalue weighted by Gasteiger charge is -2.10.